The van der Waals surface area contributed by atoms with Crippen molar-refractivity contribution in [3.05, 3.63) is 29.3 Å². The van der Waals surface area contributed by atoms with Crippen molar-refractivity contribution in [2.45, 2.75) is 19.4 Å². The summed E-state index contributed by atoms with van der Waals surface area (Å²) in [7, 11) is 0. The Morgan fingerprint density at radius 2 is 2.38 bits per heavy atom. The van der Waals surface area contributed by atoms with E-state index >= 15 is 0 Å². The van der Waals surface area contributed by atoms with Gasteiger partial charge in [0.2, 0.25) is 0 Å². The highest BCUT2D eigenvalue weighted by Gasteiger charge is 2.26. The second kappa shape index (κ2) is 2.76. The number of hydrogen-bond acceptors (Lipinski definition) is 2. The molecule has 1 aliphatic rings. The molecular formula is C10H11NO2. The van der Waals surface area contributed by atoms with Crippen LogP contribution in [0.2, 0.25) is 0 Å². The molecule has 0 saturated heterocycles. The molecule has 0 aromatic heterocycles. The molecule has 0 radical (unpaired) electrons. The maximum absolute atomic E-state index is 10.7. The molecule has 1 aromatic rings. The molecule has 1 aromatic carbocycles. The van der Waals surface area contributed by atoms with E-state index in [1.54, 1.807) is 0 Å². The molecule has 0 bridgehead atoms. The van der Waals surface area contributed by atoms with Gasteiger partial charge in [-0.15, -0.1) is 0 Å². The molecule has 0 fully saturated rings. The van der Waals surface area contributed by atoms with Crippen molar-refractivity contribution in [1.29, 1.82) is 0 Å². The van der Waals surface area contributed by atoms with Gasteiger partial charge in [0.15, 0.2) is 0 Å². The van der Waals surface area contributed by atoms with Crippen LogP contribution in [0.4, 0.5) is 5.69 Å². The summed E-state index contributed by atoms with van der Waals surface area (Å²) in [6.07, 6.45) is 0.590. The number of carboxylic acid groups (broad SMARTS) is 1. The fraction of sp³-hybridized carbons (Fsp3) is 0.300. The normalized spacial score (nSPS) is 19.3. The van der Waals surface area contributed by atoms with Crippen LogP contribution in [0.5, 0.6) is 0 Å². The Morgan fingerprint density at radius 1 is 1.62 bits per heavy atom. The summed E-state index contributed by atoms with van der Waals surface area (Å²) in [5.74, 6) is -0.782. The molecule has 0 saturated carbocycles. The van der Waals surface area contributed by atoms with Crippen LogP contribution in [0.25, 0.3) is 0 Å². The lowest BCUT2D eigenvalue weighted by molar-refractivity contribution is -0.137. The highest BCUT2D eigenvalue weighted by molar-refractivity contribution is 5.82. The van der Waals surface area contributed by atoms with Gasteiger partial charge in [-0.25, -0.2) is 4.79 Å². The predicted molar refractivity (Wildman–Crippen MR) is 49.9 cm³/mol. The second-order valence-corrected chi connectivity index (χ2v) is 3.35. The maximum atomic E-state index is 10.7. The van der Waals surface area contributed by atoms with Crippen LogP contribution in [0.1, 0.15) is 11.1 Å². The van der Waals surface area contributed by atoms with Gasteiger partial charge in [-0.1, -0.05) is 18.2 Å². The first-order valence-corrected chi connectivity index (χ1v) is 4.26. The van der Waals surface area contributed by atoms with E-state index in [0.29, 0.717) is 6.42 Å². The number of carboxylic acids is 1. The van der Waals surface area contributed by atoms with Crippen molar-refractivity contribution >= 4 is 11.7 Å². The molecule has 2 rings (SSSR count). The zero-order chi connectivity index (χ0) is 9.42. The summed E-state index contributed by atoms with van der Waals surface area (Å²) < 4.78 is 0. The SMILES string of the molecule is Cc1cccc2c1N[C@H](C(=O)O)C2. The maximum Gasteiger partial charge on any atom is 0.326 e. The number of benzene rings is 1. The monoisotopic (exact) mass is 177 g/mol. The summed E-state index contributed by atoms with van der Waals surface area (Å²) in [5.41, 5.74) is 3.21. The van der Waals surface area contributed by atoms with E-state index in [1.807, 2.05) is 25.1 Å². The molecule has 68 valence electrons. The van der Waals surface area contributed by atoms with E-state index in [9.17, 15) is 4.79 Å². The molecule has 13 heavy (non-hydrogen) atoms. The van der Waals surface area contributed by atoms with Crippen molar-refractivity contribution in [2.24, 2.45) is 0 Å². The number of para-hydroxylation sites is 1. The quantitative estimate of drug-likeness (QED) is 0.682. The van der Waals surface area contributed by atoms with E-state index in [1.165, 1.54) is 0 Å². The number of aryl methyl sites for hydroxylation is 1. The van der Waals surface area contributed by atoms with Gasteiger partial charge in [-0.3, -0.25) is 0 Å². The molecule has 3 nitrogen and oxygen atoms in total. The Labute approximate surface area is 76.4 Å². The van der Waals surface area contributed by atoms with Crippen molar-refractivity contribution in [3.8, 4) is 0 Å². The third-order valence-corrected chi connectivity index (χ3v) is 2.40. The zero-order valence-electron chi connectivity index (χ0n) is 7.37. The van der Waals surface area contributed by atoms with Crippen LogP contribution in [-0.2, 0) is 11.2 Å². The Morgan fingerprint density at radius 3 is 3.00 bits per heavy atom. The minimum Gasteiger partial charge on any atom is -0.480 e. The fourth-order valence-corrected chi connectivity index (χ4v) is 1.70. The highest BCUT2D eigenvalue weighted by Crippen LogP contribution is 2.28. The molecule has 1 atom stereocenters. The minimum atomic E-state index is -0.782. The fourth-order valence-electron chi connectivity index (χ4n) is 1.70. The van der Waals surface area contributed by atoms with Crippen LogP contribution in [-0.4, -0.2) is 17.1 Å². The molecule has 0 spiro atoms. The van der Waals surface area contributed by atoms with Gasteiger partial charge in [0.1, 0.15) is 6.04 Å². The largest absolute Gasteiger partial charge is 0.480 e. The lowest BCUT2D eigenvalue weighted by Gasteiger charge is -2.05. The molecule has 0 unspecified atom stereocenters. The number of fused-ring (bicyclic) bond motifs is 1. The molecular weight excluding hydrogens is 166 g/mol. The van der Waals surface area contributed by atoms with Crippen LogP contribution < -0.4 is 5.32 Å². The first kappa shape index (κ1) is 8.10. The van der Waals surface area contributed by atoms with Gasteiger partial charge in [0.05, 0.1) is 0 Å². The Hall–Kier alpha value is -1.51. The summed E-state index contributed by atoms with van der Waals surface area (Å²) in [6.45, 7) is 1.98. The standard InChI is InChI=1S/C10H11NO2/c1-6-3-2-4-7-5-8(10(12)13)11-9(6)7/h2-4,8,11H,5H2,1H3,(H,12,13)/t8-/m0/s1. The van der Waals surface area contributed by atoms with Crippen LogP contribution in [0.15, 0.2) is 18.2 Å². The molecule has 0 aliphatic carbocycles. The number of anilines is 1. The van der Waals surface area contributed by atoms with Gasteiger partial charge in [0.25, 0.3) is 0 Å². The summed E-state index contributed by atoms with van der Waals surface area (Å²) in [5, 5.41) is 11.8. The van der Waals surface area contributed by atoms with E-state index in [0.717, 1.165) is 16.8 Å². The number of rotatable bonds is 1. The number of carbonyl (C=O) groups is 1. The van der Waals surface area contributed by atoms with Crippen LogP contribution in [0, 0.1) is 6.92 Å². The second-order valence-electron chi connectivity index (χ2n) is 3.35. The number of aliphatic carboxylic acids is 1. The third-order valence-electron chi connectivity index (χ3n) is 2.40. The Kier molecular flexibility index (Phi) is 1.72. The van der Waals surface area contributed by atoms with Gasteiger partial charge in [-0.2, -0.15) is 0 Å². The van der Waals surface area contributed by atoms with Gasteiger partial charge in [-0.05, 0) is 18.1 Å². The smallest absolute Gasteiger partial charge is 0.326 e. The molecule has 1 heterocycles. The molecule has 1 aliphatic heterocycles. The summed E-state index contributed by atoms with van der Waals surface area (Å²) in [6, 6.07) is 5.46. The van der Waals surface area contributed by atoms with Crippen molar-refractivity contribution in [1.82, 2.24) is 0 Å². The number of hydrogen-bond donors (Lipinski definition) is 2. The van der Waals surface area contributed by atoms with Crippen molar-refractivity contribution in [2.75, 3.05) is 5.32 Å². The average Bonchev–Trinajstić information content (AvgIpc) is 2.49. The Bertz CT molecular complexity index is 360. The lowest BCUT2D eigenvalue weighted by Crippen LogP contribution is -2.26. The van der Waals surface area contributed by atoms with Crippen LogP contribution >= 0.6 is 0 Å². The van der Waals surface area contributed by atoms with Gasteiger partial charge < -0.3 is 10.4 Å². The average molecular weight is 177 g/mol. The first-order valence-electron chi connectivity index (χ1n) is 4.26. The first-order chi connectivity index (χ1) is 6.18. The third kappa shape index (κ3) is 1.26. The van der Waals surface area contributed by atoms with E-state index < -0.39 is 12.0 Å². The van der Waals surface area contributed by atoms with Crippen LogP contribution in [0.3, 0.4) is 0 Å². The molecule has 3 heteroatoms. The van der Waals surface area contributed by atoms with E-state index in [2.05, 4.69) is 5.32 Å². The van der Waals surface area contributed by atoms with Gasteiger partial charge >= 0.3 is 5.97 Å². The number of nitrogens with one attached hydrogen (secondary N) is 1. The lowest BCUT2D eigenvalue weighted by atomic mass is 10.1. The topological polar surface area (TPSA) is 49.3 Å². The predicted octanol–water partition coefficient (Wildman–Crippen LogP) is 1.42. The van der Waals surface area contributed by atoms with E-state index in [4.69, 9.17) is 5.11 Å². The minimum absolute atomic E-state index is 0.448. The zero-order valence-corrected chi connectivity index (χ0v) is 7.37. The van der Waals surface area contributed by atoms with E-state index in [-0.39, 0.29) is 0 Å². The molecule has 0 amide bonds. The van der Waals surface area contributed by atoms with Crippen molar-refractivity contribution in [3.63, 3.8) is 0 Å². The molecule has 2 N–H and O–H groups in total. The Balaban J connectivity index is 2.35. The van der Waals surface area contributed by atoms with Crippen molar-refractivity contribution < 1.29 is 9.90 Å². The summed E-state index contributed by atoms with van der Waals surface area (Å²) >= 11 is 0. The van der Waals surface area contributed by atoms with Gasteiger partial charge in [0, 0.05) is 12.1 Å². The summed E-state index contributed by atoms with van der Waals surface area (Å²) in [4.78, 5) is 10.7. The highest BCUT2D eigenvalue weighted by atomic mass is 16.4.